The molecule has 1 amide bonds. The lowest BCUT2D eigenvalue weighted by Crippen LogP contribution is -2.45. The minimum atomic E-state index is -0.395. The number of nitrogens with one attached hydrogen (secondary N) is 2. The normalized spacial score (nSPS) is 25.5. The van der Waals surface area contributed by atoms with Gasteiger partial charge in [-0.1, -0.05) is 12.8 Å². The van der Waals surface area contributed by atoms with Gasteiger partial charge < -0.3 is 15.7 Å². The third-order valence-electron chi connectivity index (χ3n) is 4.12. The maximum Gasteiger partial charge on any atom is 0.251 e. The van der Waals surface area contributed by atoms with Gasteiger partial charge in [0.15, 0.2) is 0 Å². The van der Waals surface area contributed by atoms with Gasteiger partial charge in [-0.3, -0.25) is 4.79 Å². The third-order valence-corrected chi connectivity index (χ3v) is 4.12. The first-order valence-corrected chi connectivity index (χ1v) is 7.10. The molecule has 1 aromatic carbocycles. The zero-order valence-electron chi connectivity index (χ0n) is 11.0. The first kappa shape index (κ1) is 12.5. The van der Waals surface area contributed by atoms with Crippen LogP contribution in [0.5, 0.6) is 0 Å². The van der Waals surface area contributed by atoms with Crippen molar-refractivity contribution in [3.05, 3.63) is 29.3 Å². The summed E-state index contributed by atoms with van der Waals surface area (Å²) in [5.74, 6) is -0.0688. The lowest BCUT2D eigenvalue weighted by atomic mass is 9.92. The number of anilines is 1. The molecule has 3 rings (SSSR count). The van der Waals surface area contributed by atoms with Gasteiger partial charge >= 0.3 is 0 Å². The number of amides is 1. The molecule has 102 valence electrons. The fourth-order valence-electron chi connectivity index (χ4n) is 2.98. The molecule has 1 heterocycles. The van der Waals surface area contributed by atoms with Crippen LogP contribution in [0.2, 0.25) is 0 Å². The highest BCUT2D eigenvalue weighted by atomic mass is 16.3. The second kappa shape index (κ2) is 5.21. The molecule has 0 unspecified atom stereocenters. The maximum absolute atomic E-state index is 12.2. The summed E-state index contributed by atoms with van der Waals surface area (Å²) >= 11 is 0. The zero-order chi connectivity index (χ0) is 13.2. The molecule has 0 radical (unpaired) electrons. The minimum Gasteiger partial charge on any atom is -0.391 e. The van der Waals surface area contributed by atoms with Crippen LogP contribution < -0.4 is 10.6 Å². The van der Waals surface area contributed by atoms with Gasteiger partial charge in [0.1, 0.15) is 0 Å². The van der Waals surface area contributed by atoms with Gasteiger partial charge in [-0.05, 0) is 43.0 Å². The van der Waals surface area contributed by atoms with E-state index in [0.717, 1.165) is 44.3 Å². The quantitative estimate of drug-likeness (QED) is 0.758. The van der Waals surface area contributed by atoms with Gasteiger partial charge in [0.2, 0.25) is 0 Å². The summed E-state index contributed by atoms with van der Waals surface area (Å²) in [5.41, 5.74) is 3.03. The number of carbonyl (C=O) groups is 1. The van der Waals surface area contributed by atoms with E-state index in [1.165, 1.54) is 5.56 Å². The maximum atomic E-state index is 12.2. The van der Waals surface area contributed by atoms with E-state index in [-0.39, 0.29) is 11.9 Å². The largest absolute Gasteiger partial charge is 0.391 e. The second-order valence-electron chi connectivity index (χ2n) is 5.48. The molecule has 4 heteroatoms. The van der Waals surface area contributed by atoms with E-state index in [2.05, 4.69) is 10.6 Å². The molecular weight excluding hydrogens is 240 g/mol. The van der Waals surface area contributed by atoms with Gasteiger partial charge in [0.25, 0.3) is 5.91 Å². The van der Waals surface area contributed by atoms with Crippen molar-refractivity contribution in [3.8, 4) is 0 Å². The van der Waals surface area contributed by atoms with Crippen LogP contribution in [-0.2, 0) is 6.42 Å². The molecule has 0 aromatic heterocycles. The van der Waals surface area contributed by atoms with Crippen LogP contribution >= 0.6 is 0 Å². The number of hydrogen-bond donors (Lipinski definition) is 3. The van der Waals surface area contributed by atoms with Crippen LogP contribution in [0.25, 0.3) is 0 Å². The summed E-state index contributed by atoms with van der Waals surface area (Å²) in [5, 5.41) is 16.1. The molecule has 0 saturated heterocycles. The van der Waals surface area contributed by atoms with Crippen molar-refractivity contribution < 1.29 is 9.90 Å². The first-order valence-electron chi connectivity index (χ1n) is 7.10. The smallest absolute Gasteiger partial charge is 0.251 e. The number of aliphatic hydroxyl groups excluding tert-OH is 1. The summed E-state index contributed by atoms with van der Waals surface area (Å²) < 4.78 is 0. The molecule has 4 nitrogen and oxygen atoms in total. The number of carbonyl (C=O) groups excluding carboxylic acids is 1. The van der Waals surface area contributed by atoms with E-state index >= 15 is 0 Å². The summed E-state index contributed by atoms with van der Waals surface area (Å²) in [6.45, 7) is 0.946. The number of rotatable bonds is 2. The van der Waals surface area contributed by atoms with E-state index in [1.54, 1.807) is 0 Å². The number of benzene rings is 1. The second-order valence-corrected chi connectivity index (χ2v) is 5.48. The van der Waals surface area contributed by atoms with Crippen molar-refractivity contribution >= 4 is 11.6 Å². The monoisotopic (exact) mass is 260 g/mol. The molecule has 3 N–H and O–H groups in total. The van der Waals surface area contributed by atoms with Crippen LogP contribution in [0, 0.1) is 0 Å². The van der Waals surface area contributed by atoms with Gasteiger partial charge in [0.05, 0.1) is 12.1 Å². The van der Waals surface area contributed by atoms with E-state index in [0.29, 0.717) is 5.56 Å². The van der Waals surface area contributed by atoms with E-state index in [9.17, 15) is 9.90 Å². The molecule has 1 aromatic rings. The van der Waals surface area contributed by atoms with Gasteiger partial charge in [0, 0.05) is 17.8 Å². The van der Waals surface area contributed by atoms with Crippen LogP contribution in [0.15, 0.2) is 18.2 Å². The SMILES string of the molecule is O=C(N[C@@H]1CCCC[C@H]1O)c1ccc2c(c1)CCN2. The first-order chi connectivity index (χ1) is 9.24. The highest BCUT2D eigenvalue weighted by molar-refractivity contribution is 5.95. The Morgan fingerprint density at radius 1 is 1.32 bits per heavy atom. The fraction of sp³-hybridized carbons (Fsp3) is 0.533. The Kier molecular flexibility index (Phi) is 3.42. The molecule has 0 bridgehead atoms. The van der Waals surface area contributed by atoms with Crippen LogP contribution in [-0.4, -0.2) is 29.7 Å². The topological polar surface area (TPSA) is 61.4 Å². The predicted molar refractivity (Wildman–Crippen MR) is 74.4 cm³/mol. The minimum absolute atomic E-state index is 0.0688. The van der Waals surface area contributed by atoms with Crippen molar-refractivity contribution in [1.29, 1.82) is 0 Å². The Hall–Kier alpha value is -1.55. The Balaban J connectivity index is 1.70. The molecule has 2 atom stereocenters. The van der Waals surface area contributed by atoms with Crippen LogP contribution in [0.1, 0.15) is 41.6 Å². The summed E-state index contributed by atoms with van der Waals surface area (Å²) in [4.78, 5) is 12.2. The molecule has 0 spiro atoms. The molecule has 1 fully saturated rings. The van der Waals surface area contributed by atoms with Crippen LogP contribution in [0.4, 0.5) is 5.69 Å². The van der Waals surface area contributed by atoms with Gasteiger partial charge in [-0.25, -0.2) is 0 Å². The lowest BCUT2D eigenvalue weighted by Gasteiger charge is -2.28. The van der Waals surface area contributed by atoms with Crippen molar-refractivity contribution in [2.45, 2.75) is 44.2 Å². The van der Waals surface area contributed by atoms with E-state index < -0.39 is 6.10 Å². The summed E-state index contributed by atoms with van der Waals surface area (Å²) in [6, 6.07) is 5.68. The highest BCUT2D eigenvalue weighted by Gasteiger charge is 2.25. The molecular formula is C15H20N2O2. The zero-order valence-corrected chi connectivity index (χ0v) is 11.0. The Morgan fingerprint density at radius 3 is 3.00 bits per heavy atom. The van der Waals surface area contributed by atoms with Crippen molar-refractivity contribution in [2.75, 3.05) is 11.9 Å². The van der Waals surface area contributed by atoms with Crippen molar-refractivity contribution in [2.24, 2.45) is 0 Å². The Morgan fingerprint density at radius 2 is 2.16 bits per heavy atom. The van der Waals surface area contributed by atoms with E-state index in [1.807, 2.05) is 18.2 Å². The lowest BCUT2D eigenvalue weighted by molar-refractivity contribution is 0.0717. The molecule has 1 aliphatic carbocycles. The highest BCUT2D eigenvalue weighted by Crippen LogP contribution is 2.23. The Bertz CT molecular complexity index is 487. The fourth-order valence-corrected chi connectivity index (χ4v) is 2.98. The average Bonchev–Trinajstić information content (AvgIpc) is 2.88. The summed E-state index contributed by atoms with van der Waals surface area (Å²) in [6.07, 6.45) is 4.38. The van der Waals surface area contributed by atoms with Gasteiger partial charge in [-0.15, -0.1) is 0 Å². The molecule has 19 heavy (non-hydrogen) atoms. The van der Waals surface area contributed by atoms with Crippen molar-refractivity contribution in [3.63, 3.8) is 0 Å². The third kappa shape index (κ3) is 2.59. The molecule has 1 saturated carbocycles. The average molecular weight is 260 g/mol. The number of aliphatic hydroxyl groups is 1. The standard InChI is InChI=1S/C15H20N2O2/c18-14-4-2-1-3-13(14)17-15(19)11-5-6-12-10(9-11)7-8-16-12/h5-6,9,13-14,16,18H,1-4,7-8H2,(H,17,19)/t13-,14-/m1/s1. The predicted octanol–water partition coefficient (Wildman–Crippen LogP) is 1.69. The van der Waals surface area contributed by atoms with Crippen LogP contribution in [0.3, 0.4) is 0 Å². The van der Waals surface area contributed by atoms with Crippen molar-refractivity contribution in [1.82, 2.24) is 5.32 Å². The van der Waals surface area contributed by atoms with Gasteiger partial charge in [-0.2, -0.15) is 0 Å². The molecule has 1 aliphatic heterocycles. The van der Waals surface area contributed by atoms with E-state index in [4.69, 9.17) is 0 Å². The number of hydrogen-bond acceptors (Lipinski definition) is 3. The summed E-state index contributed by atoms with van der Waals surface area (Å²) in [7, 11) is 0. The Labute approximate surface area is 113 Å². The number of fused-ring (bicyclic) bond motifs is 1. The molecule has 2 aliphatic rings.